The highest BCUT2D eigenvalue weighted by atomic mass is 17.2. The van der Waals surface area contributed by atoms with E-state index in [4.69, 9.17) is 9.78 Å². The molecule has 0 aliphatic carbocycles. The van der Waals surface area contributed by atoms with Crippen molar-refractivity contribution in [3.63, 3.8) is 0 Å². The van der Waals surface area contributed by atoms with Gasteiger partial charge in [-0.15, -0.1) is 0 Å². The van der Waals surface area contributed by atoms with Gasteiger partial charge in [-0.25, -0.2) is 0 Å². The highest BCUT2D eigenvalue weighted by molar-refractivity contribution is 5.39. The molecule has 0 saturated heterocycles. The standard InChI is InChI=1S/C28H42O2/c1-5-9-13-23-17-19-27(25(21-23)15-11-7-3)29-30-28-20-18-24(14-10-6-2)22-26(28)16-12-8-4/h17-22H,5-16H2,1-4H3. The molecule has 0 amide bonds. The first kappa shape index (κ1) is 24.3. The van der Waals surface area contributed by atoms with Crippen LogP contribution in [0.15, 0.2) is 36.4 Å². The Morgan fingerprint density at radius 2 is 0.867 bits per heavy atom. The summed E-state index contributed by atoms with van der Waals surface area (Å²) in [5.41, 5.74) is 5.33. The molecule has 0 atom stereocenters. The topological polar surface area (TPSA) is 18.5 Å². The van der Waals surface area contributed by atoms with E-state index >= 15 is 0 Å². The molecule has 2 rings (SSSR count). The van der Waals surface area contributed by atoms with E-state index in [0.717, 1.165) is 37.2 Å². The fourth-order valence-electron chi connectivity index (χ4n) is 3.72. The molecule has 0 unspecified atom stereocenters. The number of rotatable bonds is 15. The minimum atomic E-state index is 0.861. The summed E-state index contributed by atoms with van der Waals surface area (Å²) in [5, 5.41) is 0. The van der Waals surface area contributed by atoms with E-state index in [9.17, 15) is 0 Å². The summed E-state index contributed by atoms with van der Waals surface area (Å²) in [6.07, 6.45) is 13.9. The lowest BCUT2D eigenvalue weighted by Crippen LogP contribution is -2.06. The van der Waals surface area contributed by atoms with E-state index in [2.05, 4.69) is 64.1 Å². The smallest absolute Gasteiger partial charge is 0.181 e. The molecule has 2 nitrogen and oxygen atoms in total. The van der Waals surface area contributed by atoms with E-state index in [-0.39, 0.29) is 0 Å². The van der Waals surface area contributed by atoms with Crippen molar-refractivity contribution in [1.29, 1.82) is 0 Å². The van der Waals surface area contributed by atoms with Gasteiger partial charge < -0.3 is 0 Å². The number of unbranched alkanes of at least 4 members (excludes halogenated alkanes) is 4. The van der Waals surface area contributed by atoms with Gasteiger partial charge in [0.15, 0.2) is 11.5 Å². The molecule has 0 spiro atoms. The predicted molar refractivity (Wildman–Crippen MR) is 129 cm³/mol. The molecule has 0 saturated carbocycles. The summed E-state index contributed by atoms with van der Waals surface area (Å²) in [4.78, 5) is 11.8. The van der Waals surface area contributed by atoms with Crippen LogP contribution in [0.4, 0.5) is 0 Å². The van der Waals surface area contributed by atoms with Gasteiger partial charge in [-0.3, -0.25) is 9.78 Å². The lowest BCUT2D eigenvalue weighted by atomic mass is 10.0. The molecule has 0 aromatic heterocycles. The molecule has 0 radical (unpaired) electrons. The van der Waals surface area contributed by atoms with Crippen molar-refractivity contribution in [2.24, 2.45) is 0 Å². The van der Waals surface area contributed by atoms with Gasteiger partial charge in [0.1, 0.15) is 0 Å². The van der Waals surface area contributed by atoms with Crippen LogP contribution in [0.1, 0.15) is 101 Å². The Bertz CT molecular complexity index is 672. The summed E-state index contributed by atoms with van der Waals surface area (Å²) in [6.45, 7) is 8.95. The molecule has 2 aromatic rings. The van der Waals surface area contributed by atoms with E-state index in [1.807, 2.05) is 0 Å². The zero-order valence-electron chi connectivity index (χ0n) is 19.8. The Labute approximate surface area is 184 Å². The Kier molecular flexibility index (Phi) is 11.4. The monoisotopic (exact) mass is 410 g/mol. The zero-order valence-corrected chi connectivity index (χ0v) is 19.8. The van der Waals surface area contributed by atoms with Gasteiger partial charge in [0.2, 0.25) is 0 Å². The van der Waals surface area contributed by atoms with Crippen LogP contribution in [0.2, 0.25) is 0 Å². The third kappa shape index (κ3) is 8.05. The fourth-order valence-corrected chi connectivity index (χ4v) is 3.72. The van der Waals surface area contributed by atoms with Crippen LogP contribution >= 0.6 is 0 Å². The molecule has 0 fully saturated rings. The van der Waals surface area contributed by atoms with Gasteiger partial charge in [-0.2, -0.15) is 0 Å². The van der Waals surface area contributed by atoms with Crippen molar-refractivity contribution in [2.45, 2.75) is 105 Å². The van der Waals surface area contributed by atoms with Gasteiger partial charge in [-0.05, 0) is 85.8 Å². The molecule has 166 valence electrons. The molecule has 0 aliphatic heterocycles. The van der Waals surface area contributed by atoms with Crippen molar-refractivity contribution in [1.82, 2.24) is 0 Å². The van der Waals surface area contributed by atoms with Crippen LogP contribution in [-0.2, 0) is 25.7 Å². The molecular weight excluding hydrogens is 368 g/mol. The highest BCUT2D eigenvalue weighted by Gasteiger charge is 2.11. The predicted octanol–water partition coefficient (Wildman–Crippen LogP) is 8.43. The average Bonchev–Trinajstić information content (AvgIpc) is 2.78. The second kappa shape index (κ2) is 14.1. The van der Waals surface area contributed by atoms with Crippen LogP contribution in [0, 0.1) is 0 Å². The minimum Gasteiger partial charge on any atom is -0.290 e. The molecule has 2 aromatic carbocycles. The second-order valence-electron chi connectivity index (χ2n) is 8.47. The Hall–Kier alpha value is -1.96. The Morgan fingerprint density at radius 1 is 0.500 bits per heavy atom. The molecule has 2 heteroatoms. The lowest BCUT2D eigenvalue weighted by molar-refractivity contribution is -0.102. The quantitative estimate of drug-likeness (QED) is 0.217. The maximum Gasteiger partial charge on any atom is 0.181 e. The van der Waals surface area contributed by atoms with E-state index < -0.39 is 0 Å². The third-order valence-electron chi connectivity index (χ3n) is 5.71. The van der Waals surface area contributed by atoms with Gasteiger partial charge in [-0.1, -0.05) is 77.6 Å². The second-order valence-corrected chi connectivity index (χ2v) is 8.47. The largest absolute Gasteiger partial charge is 0.290 e. The van der Waals surface area contributed by atoms with Gasteiger partial charge in [0.25, 0.3) is 0 Å². The molecule has 0 bridgehead atoms. The minimum absolute atomic E-state index is 0.861. The van der Waals surface area contributed by atoms with Gasteiger partial charge in [0.05, 0.1) is 0 Å². The van der Waals surface area contributed by atoms with Crippen molar-refractivity contribution >= 4 is 0 Å². The molecule has 0 heterocycles. The van der Waals surface area contributed by atoms with Gasteiger partial charge >= 0.3 is 0 Å². The molecular formula is C28H42O2. The average molecular weight is 411 g/mol. The van der Waals surface area contributed by atoms with E-state index in [1.165, 1.54) is 73.6 Å². The Balaban J connectivity index is 2.15. The first-order valence-corrected chi connectivity index (χ1v) is 12.3. The van der Waals surface area contributed by atoms with Crippen LogP contribution in [-0.4, -0.2) is 0 Å². The van der Waals surface area contributed by atoms with E-state index in [1.54, 1.807) is 0 Å². The van der Waals surface area contributed by atoms with Gasteiger partial charge in [0, 0.05) is 0 Å². The summed E-state index contributed by atoms with van der Waals surface area (Å²) >= 11 is 0. The van der Waals surface area contributed by atoms with Crippen LogP contribution in [0.5, 0.6) is 11.5 Å². The first-order valence-electron chi connectivity index (χ1n) is 12.3. The summed E-state index contributed by atoms with van der Waals surface area (Å²) in [7, 11) is 0. The van der Waals surface area contributed by atoms with Crippen molar-refractivity contribution in [2.75, 3.05) is 0 Å². The zero-order chi connectivity index (χ0) is 21.6. The Morgan fingerprint density at radius 3 is 1.23 bits per heavy atom. The number of hydrogen-bond donors (Lipinski definition) is 0. The molecule has 0 aliphatic rings. The van der Waals surface area contributed by atoms with Crippen molar-refractivity contribution in [3.05, 3.63) is 58.7 Å². The number of benzene rings is 2. The lowest BCUT2D eigenvalue weighted by Gasteiger charge is -2.15. The number of hydrogen-bond acceptors (Lipinski definition) is 2. The number of aryl methyl sites for hydroxylation is 4. The van der Waals surface area contributed by atoms with Crippen molar-refractivity contribution in [3.8, 4) is 11.5 Å². The van der Waals surface area contributed by atoms with Crippen molar-refractivity contribution < 1.29 is 9.78 Å². The fraction of sp³-hybridized carbons (Fsp3) is 0.571. The maximum absolute atomic E-state index is 5.92. The van der Waals surface area contributed by atoms with Crippen LogP contribution in [0.25, 0.3) is 0 Å². The van der Waals surface area contributed by atoms with Crippen LogP contribution < -0.4 is 9.78 Å². The summed E-state index contributed by atoms with van der Waals surface area (Å²) in [6, 6.07) is 13.2. The van der Waals surface area contributed by atoms with Crippen LogP contribution in [0.3, 0.4) is 0 Å². The normalized spacial score (nSPS) is 10.9. The first-order chi connectivity index (χ1) is 14.7. The maximum atomic E-state index is 5.92. The molecule has 30 heavy (non-hydrogen) atoms. The molecule has 0 N–H and O–H groups in total. The van der Waals surface area contributed by atoms with E-state index in [0.29, 0.717) is 0 Å². The summed E-state index contributed by atoms with van der Waals surface area (Å²) < 4.78 is 0. The third-order valence-corrected chi connectivity index (χ3v) is 5.71. The summed E-state index contributed by atoms with van der Waals surface area (Å²) in [5.74, 6) is 1.72. The highest BCUT2D eigenvalue weighted by Crippen LogP contribution is 2.27. The SMILES string of the molecule is CCCCc1ccc(OOc2ccc(CCCC)cc2CCCC)c(CCCC)c1.